The maximum Gasteiger partial charge on any atom is 0.222 e. The molecule has 0 aliphatic carbocycles. The lowest BCUT2D eigenvalue weighted by Gasteiger charge is -2.37. The van der Waals surface area contributed by atoms with Gasteiger partial charge in [-0.15, -0.1) is 0 Å². The van der Waals surface area contributed by atoms with Crippen molar-refractivity contribution in [1.82, 2.24) is 9.80 Å². The molecule has 0 saturated carbocycles. The van der Waals surface area contributed by atoms with Gasteiger partial charge in [-0.3, -0.25) is 9.69 Å². The Morgan fingerprint density at radius 1 is 1.26 bits per heavy atom. The van der Waals surface area contributed by atoms with Crippen LogP contribution in [-0.2, 0) is 4.79 Å². The number of hydrogen-bond acceptors (Lipinski definition) is 4. The van der Waals surface area contributed by atoms with Crippen LogP contribution in [0.5, 0.6) is 5.75 Å². The van der Waals surface area contributed by atoms with Gasteiger partial charge < -0.3 is 9.64 Å². The van der Waals surface area contributed by atoms with Crippen molar-refractivity contribution in [2.45, 2.75) is 32.2 Å². The minimum atomic E-state index is -0.270. The van der Waals surface area contributed by atoms with Gasteiger partial charge in [0.25, 0.3) is 0 Å². The molecule has 1 aliphatic heterocycles. The Morgan fingerprint density at radius 2 is 1.91 bits per heavy atom. The Morgan fingerprint density at radius 3 is 2.43 bits per heavy atom. The minimum Gasteiger partial charge on any atom is -0.497 e. The number of unbranched alkanes of at least 4 members (excludes halogenated alkanes) is 1. The van der Waals surface area contributed by atoms with Crippen LogP contribution < -0.4 is 4.74 Å². The van der Waals surface area contributed by atoms with Crippen LogP contribution in [0.15, 0.2) is 24.3 Å². The van der Waals surface area contributed by atoms with E-state index in [1.165, 1.54) is 0 Å². The van der Waals surface area contributed by atoms with Gasteiger partial charge >= 0.3 is 0 Å². The van der Waals surface area contributed by atoms with E-state index in [0.29, 0.717) is 19.5 Å². The molecule has 5 heteroatoms. The molecule has 1 unspecified atom stereocenters. The van der Waals surface area contributed by atoms with Gasteiger partial charge in [-0.05, 0) is 24.1 Å². The monoisotopic (exact) mass is 315 g/mol. The molecule has 1 amide bonds. The van der Waals surface area contributed by atoms with Gasteiger partial charge in [0.2, 0.25) is 5.91 Å². The fourth-order valence-corrected chi connectivity index (χ4v) is 2.87. The largest absolute Gasteiger partial charge is 0.497 e. The summed E-state index contributed by atoms with van der Waals surface area (Å²) in [5.74, 6) is 1.03. The molecular weight excluding hydrogens is 290 g/mol. The molecule has 1 atom stereocenters. The summed E-state index contributed by atoms with van der Waals surface area (Å²) in [5.41, 5.74) is 0.971. The second-order valence-electron chi connectivity index (χ2n) is 5.83. The molecule has 1 aromatic rings. The number of rotatable bonds is 6. The van der Waals surface area contributed by atoms with Crippen molar-refractivity contribution in [2.24, 2.45) is 0 Å². The van der Waals surface area contributed by atoms with Gasteiger partial charge in [0.1, 0.15) is 11.8 Å². The minimum absolute atomic E-state index is 0.240. The lowest BCUT2D eigenvalue weighted by atomic mass is 10.1. The van der Waals surface area contributed by atoms with Crippen molar-refractivity contribution in [3.05, 3.63) is 29.8 Å². The van der Waals surface area contributed by atoms with Crippen molar-refractivity contribution in [3.8, 4) is 11.8 Å². The highest BCUT2D eigenvalue weighted by Gasteiger charge is 2.26. The average molecular weight is 315 g/mol. The number of carbonyl (C=O) groups is 1. The molecule has 0 aromatic heterocycles. The van der Waals surface area contributed by atoms with E-state index in [1.54, 1.807) is 7.11 Å². The number of benzene rings is 1. The van der Waals surface area contributed by atoms with E-state index in [-0.39, 0.29) is 11.9 Å². The van der Waals surface area contributed by atoms with Gasteiger partial charge in [-0.2, -0.15) is 5.26 Å². The maximum atomic E-state index is 12.1. The number of nitrogens with zero attached hydrogens (tertiary/aromatic N) is 3. The molecule has 1 fully saturated rings. The van der Waals surface area contributed by atoms with E-state index in [2.05, 4.69) is 17.9 Å². The zero-order valence-electron chi connectivity index (χ0n) is 14.0. The quantitative estimate of drug-likeness (QED) is 0.809. The molecule has 124 valence electrons. The lowest BCUT2D eigenvalue weighted by Crippen LogP contribution is -2.49. The molecule has 1 heterocycles. The van der Waals surface area contributed by atoms with Crippen molar-refractivity contribution < 1.29 is 9.53 Å². The predicted octanol–water partition coefficient (Wildman–Crippen LogP) is 2.59. The highest BCUT2D eigenvalue weighted by molar-refractivity contribution is 5.76. The summed E-state index contributed by atoms with van der Waals surface area (Å²) >= 11 is 0. The summed E-state index contributed by atoms with van der Waals surface area (Å²) in [6, 6.07) is 9.75. The van der Waals surface area contributed by atoms with E-state index in [1.807, 2.05) is 29.2 Å². The first-order valence-corrected chi connectivity index (χ1v) is 8.25. The fraction of sp³-hybridized carbons (Fsp3) is 0.556. The number of piperazine rings is 1. The Bertz CT molecular complexity index is 542. The summed E-state index contributed by atoms with van der Waals surface area (Å²) in [5, 5.41) is 9.55. The van der Waals surface area contributed by atoms with Crippen LogP contribution in [0.1, 0.15) is 37.8 Å². The predicted molar refractivity (Wildman–Crippen MR) is 89.0 cm³/mol. The van der Waals surface area contributed by atoms with Crippen molar-refractivity contribution in [3.63, 3.8) is 0 Å². The van der Waals surface area contributed by atoms with Crippen molar-refractivity contribution >= 4 is 5.91 Å². The first kappa shape index (κ1) is 17.3. The van der Waals surface area contributed by atoms with E-state index < -0.39 is 0 Å². The highest BCUT2D eigenvalue weighted by atomic mass is 16.5. The number of methoxy groups -OCH3 is 1. The summed E-state index contributed by atoms with van der Waals surface area (Å²) in [4.78, 5) is 16.1. The maximum absolute atomic E-state index is 12.1. The Balaban J connectivity index is 1.94. The van der Waals surface area contributed by atoms with Gasteiger partial charge in [0.05, 0.1) is 13.2 Å². The van der Waals surface area contributed by atoms with E-state index in [9.17, 15) is 10.1 Å². The molecule has 0 bridgehead atoms. The third-order valence-electron chi connectivity index (χ3n) is 4.33. The molecule has 1 aromatic carbocycles. The fourth-order valence-electron chi connectivity index (χ4n) is 2.87. The van der Waals surface area contributed by atoms with Gasteiger partial charge in [-0.25, -0.2) is 0 Å². The average Bonchev–Trinajstić information content (AvgIpc) is 2.61. The zero-order valence-corrected chi connectivity index (χ0v) is 14.0. The zero-order chi connectivity index (χ0) is 16.7. The summed E-state index contributed by atoms with van der Waals surface area (Å²) < 4.78 is 5.16. The topological polar surface area (TPSA) is 56.6 Å². The second kappa shape index (κ2) is 8.54. The second-order valence-corrected chi connectivity index (χ2v) is 5.83. The molecule has 0 N–H and O–H groups in total. The third kappa shape index (κ3) is 4.46. The summed E-state index contributed by atoms with van der Waals surface area (Å²) in [7, 11) is 1.63. The van der Waals surface area contributed by atoms with Gasteiger partial charge in [0, 0.05) is 32.6 Å². The standard InChI is InChI=1S/C18H25N3O2/c1-3-4-5-18(22)21-12-10-20(11-13-21)17(14-19)15-6-8-16(23-2)9-7-15/h6-9,17H,3-5,10-13H2,1-2H3. The van der Waals surface area contributed by atoms with Crippen molar-refractivity contribution in [2.75, 3.05) is 33.3 Å². The normalized spacial score (nSPS) is 16.7. The summed E-state index contributed by atoms with van der Waals surface area (Å²) in [6.45, 7) is 4.98. The van der Waals surface area contributed by atoms with Gasteiger partial charge in [0.15, 0.2) is 0 Å². The Labute approximate surface area is 138 Å². The molecule has 1 saturated heterocycles. The number of nitriles is 1. The van der Waals surface area contributed by atoms with Crippen molar-refractivity contribution in [1.29, 1.82) is 5.26 Å². The first-order valence-electron chi connectivity index (χ1n) is 8.25. The van der Waals surface area contributed by atoms with E-state index in [0.717, 1.165) is 37.2 Å². The molecule has 0 spiro atoms. The Hall–Kier alpha value is -2.06. The molecule has 0 radical (unpaired) electrons. The molecule has 23 heavy (non-hydrogen) atoms. The van der Waals surface area contributed by atoms with Crippen LogP contribution in [0.2, 0.25) is 0 Å². The number of amides is 1. The third-order valence-corrected chi connectivity index (χ3v) is 4.33. The van der Waals surface area contributed by atoms with Crippen LogP contribution in [0.25, 0.3) is 0 Å². The van der Waals surface area contributed by atoms with Crippen LogP contribution in [-0.4, -0.2) is 49.0 Å². The van der Waals surface area contributed by atoms with Crippen LogP contribution in [0.3, 0.4) is 0 Å². The highest BCUT2D eigenvalue weighted by Crippen LogP contribution is 2.24. The number of carbonyl (C=O) groups excluding carboxylic acids is 1. The number of ether oxygens (including phenoxy) is 1. The van der Waals surface area contributed by atoms with E-state index in [4.69, 9.17) is 4.74 Å². The Kier molecular flexibility index (Phi) is 6.42. The number of hydrogen-bond donors (Lipinski definition) is 0. The molecule has 5 nitrogen and oxygen atoms in total. The first-order chi connectivity index (χ1) is 11.2. The lowest BCUT2D eigenvalue weighted by molar-refractivity contribution is -0.133. The van der Waals surface area contributed by atoms with Gasteiger partial charge in [-0.1, -0.05) is 25.5 Å². The van der Waals surface area contributed by atoms with Crippen LogP contribution in [0.4, 0.5) is 0 Å². The van der Waals surface area contributed by atoms with Crippen LogP contribution in [0, 0.1) is 11.3 Å². The van der Waals surface area contributed by atoms with E-state index >= 15 is 0 Å². The summed E-state index contributed by atoms with van der Waals surface area (Å²) in [6.07, 6.45) is 2.63. The molecular formula is C18H25N3O2. The molecule has 2 rings (SSSR count). The SMILES string of the molecule is CCCCC(=O)N1CCN(C(C#N)c2ccc(OC)cc2)CC1. The smallest absolute Gasteiger partial charge is 0.222 e. The van der Waals surface area contributed by atoms with Crippen LogP contribution >= 0.6 is 0 Å². The molecule has 1 aliphatic rings.